The molecule has 78 valence electrons. The van der Waals surface area contributed by atoms with Crippen LogP contribution in [0.2, 0.25) is 0 Å². The van der Waals surface area contributed by atoms with E-state index in [9.17, 15) is 4.79 Å². The molecule has 0 amide bonds. The lowest BCUT2D eigenvalue weighted by molar-refractivity contribution is -0.117. The summed E-state index contributed by atoms with van der Waals surface area (Å²) in [5.74, 6) is 1.52. The van der Waals surface area contributed by atoms with Crippen molar-refractivity contribution in [2.24, 2.45) is 11.8 Å². The van der Waals surface area contributed by atoms with Crippen molar-refractivity contribution in [2.75, 3.05) is 0 Å². The number of hydrogen-bond acceptors (Lipinski definition) is 1. The number of ketones is 1. The third kappa shape index (κ3) is 4.40. The Bertz CT molecular complexity index is 246. The molecule has 1 heteroatoms. The minimum absolute atomic E-state index is 0.274. The van der Waals surface area contributed by atoms with E-state index in [4.69, 9.17) is 0 Å². The molecule has 0 saturated heterocycles. The van der Waals surface area contributed by atoms with Gasteiger partial charge in [-0.25, -0.2) is 0 Å². The monoisotopic (exact) mass is 192 g/mol. The fourth-order valence-corrected chi connectivity index (χ4v) is 1.32. The van der Waals surface area contributed by atoms with Crippen molar-refractivity contribution in [3.63, 3.8) is 0 Å². The molecule has 0 aromatic rings. The van der Waals surface area contributed by atoms with E-state index in [1.807, 2.05) is 0 Å². The van der Waals surface area contributed by atoms with Gasteiger partial charge in [0.05, 0.1) is 0 Å². The quantitative estimate of drug-likeness (QED) is 0.588. The topological polar surface area (TPSA) is 17.1 Å². The summed E-state index contributed by atoms with van der Waals surface area (Å²) in [5.41, 5.74) is 1.16. The number of hydrogen-bond donors (Lipinski definition) is 0. The fraction of sp³-hybridized carbons (Fsp3) is 0.615. The van der Waals surface area contributed by atoms with Gasteiger partial charge in [0.25, 0.3) is 0 Å². The molecule has 1 aliphatic carbocycles. The van der Waals surface area contributed by atoms with Crippen LogP contribution in [-0.4, -0.2) is 5.78 Å². The minimum Gasteiger partial charge on any atom is -0.300 e. The van der Waals surface area contributed by atoms with Crippen LogP contribution in [0.25, 0.3) is 0 Å². The second-order valence-electron chi connectivity index (χ2n) is 4.41. The first-order valence-corrected chi connectivity index (χ1v) is 5.46. The Hall–Kier alpha value is -0.850. The first-order chi connectivity index (χ1) is 6.59. The van der Waals surface area contributed by atoms with Gasteiger partial charge in [-0.15, -0.1) is 0 Å². The maximum absolute atomic E-state index is 10.8. The molecule has 1 fully saturated rings. The van der Waals surface area contributed by atoms with Gasteiger partial charge in [0, 0.05) is 6.42 Å². The lowest BCUT2D eigenvalue weighted by Gasteiger charge is -2.09. The molecule has 0 aliphatic heterocycles. The zero-order valence-corrected chi connectivity index (χ0v) is 9.25. The second kappa shape index (κ2) is 5.14. The Morgan fingerprint density at radius 2 is 2.21 bits per heavy atom. The molecule has 1 aliphatic rings. The Morgan fingerprint density at radius 3 is 2.71 bits per heavy atom. The van der Waals surface area contributed by atoms with Gasteiger partial charge in [-0.3, -0.25) is 0 Å². The second-order valence-corrected chi connectivity index (χ2v) is 4.41. The molecule has 0 aromatic carbocycles. The van der Waals surface area contributed by atoms with E-state index in [-0.39, 0.29) is 5.78 Å². The van der Waals surface area contributed by atoms with Crippen molar-refractivity contribution in [1.82, 2.24) is 0 Å². The zero-order chi connectivity index (χ0) is 10.6. The number of allylic oxidation sites excluding steroid dienone is 3. The molecule has 1 atom stereocenters. The van der Waals surface area contributed by atoms with Gasteiger partial charge in [0.1, 0.15) is 5.78 Å². The SMILES string of the molecule is C=C(/C=C\C1CC1)C(C)CCC(C)=O. The number of Topliss-reactive ketones (excluding diaryl/α,β-unsaturated/α-hetero) is 1. The van der Waals surface area contributed by atoms with Crippen LogP contribution >= 0.6 is 0 Å². The van der Waals surface area contributed by atoms with Crippen LogP contribution in [0.5, 0.6) is 0 Å². The molecule has 14 heavy (non-hydrogen) atoms. The molecule has 0 spiro atoms. The Labute approximate surface area is 86.9 Å². The highest BCUT2D eigenvalue weighted by Crippen LogP contribution is 2.31. The standard InChI is InChI=1S/C13H20O/c1-10(4-6-12(3)14)11(2)5-7-13-8-9-13/h5,7,10,13H,2,4,6,8-9H2,1,3H3/b7-5-. The van der Waals surface area contributed by atoms with Crippen LogP contribution in [0.15, 0.2) is 24.3 Å². The number of rotatable bonds is 6. The van der Waals surface area contributed by atoms with Crippen LogP contribution in [0.1, 0.15) is 39.5 Å². The summed E-state index contributed by atoms with van der Waals surface area (Å²) in [6, 6.07) is 0. The molecule has 0 N–H and O–H groups in total. The van der Waals surface area contributed by atoms with Gasteiger partial charge in [0.15, 0.2) is 0 Å². The molecule has 1 saturated carbocycles. The molecule has 0 bridgehead atoms. The highest BCUT2D eigenvalue weighted by atomic mass is 16.1. The fourth-order valence-electron chi connectivity index (χ4n) is 1.32. The van der Waals surface area contributed by atoms with E-state index >= 15 is 0 Å². The van der Waals surface area contributed by atoms with Crippen molar-refractivity contribution >= 4 is 5.78 Å². The van der Waals surface area contributed by atoms with E-state index < -0.39 is 0 Å². The van der Waals surface area contributed by atoms with E-state index in [1.54, 1.807) is 6.92 Å². The smallest absolute Gasteiger partial charge is 0.129 e. The van der Waals surface area contributed by atoms with Crippen molar-refractivity contribution in [2.45, 2.75) is 39.5 Å². The van der Waals surface area contributed by atoms with Crippen LogP contribution in [0, 0.1) is 11.8 Å². The largest absolute Gasteiger partial charge is 0.300 e. The maximum atomic E-state index is 10.8. The van der Waals surface area contributed by atoms with Gasteiger partial charge in [0.2, 0.25) is 0 Å². The Kier molecular flexibility index (Phi) is 4.12. The highest BCUT2D eigenvalue weighted by Gasteiger charge is 2.17. The summed E-state index contributed by atoms with van der Waals surface area (Å²) >= 11 is 0. The summed E-state index contributed by atoms with van der Waals surface area (Å²) in [6.45, 7) is 7.82. The van der Waals surface area contributed by atoms with E-state index in [1.165, 1.54) is 12.8 Å². The van der Waals surface area contributed by atoms with E-state index in [0.29, 0.717) is 12.3 Å². The summed E-state index contributed by atoms with van der Waals surface area (Å²) in [4.78, 5) is 10.8. The zero-order valence-electron chi connectivity index (χ0n) is 9.25. The van der Waals surface area contributed by atoms with Gasteiger partial charge in [-0.2, -0.15) is 0 Å². The summed E-state index contributed by atoms with van der Waals surface area (Å²) in [5, 5.41) is 0. The summed E-state index contributed by atoms with van der Waals surface area (Å²) in [6.07, 6.45) is 8.69. The predicted octanol–water partition coefficient (Wildman–Crippen LogP) is 3.51. The summed E-state index contributed by atoms with van der Waals surface area (Å²) in [7, 11) is 0. The molecule has 0 heterocycles. The van der Waals surface area contributed by atoms with Crippen molar-refractivity contribution in [3.05, 3.63) is 24.3 Å². The summed E-state index contributed by atoms with van der Waals surface area (Å²) < 4.78 is 0. The first kappa shape index (κ1) is 11.2. The molecular formula is C13H20O. The lowest BCUT2D eigenvalue weighted by Crippen LogP contribution is -2.00. The third-order valence-corrected chi connectivity index (χ3v) is 2.77. The van der Waals surface area contributed by atoms with Crippen LogP contribution in [0.4, 0.5) is 0 Å². The van der Waals surface area contributed by atoms with Crippen molar-refractivity contribution in [1.29, 1.82) is 0 Å². The predicted molar refractivity (Wildman–Crippen MR) is 60.1 cm³/mol. The number of carbonyl (C=O) groups is 1. The van der Waals surface area contributed by atoms with Crippen molar-refractivity contribution in [3.8, 4) is 0 Å². The third-order valence-electron chi connectivity index (χ3n) is 2.77. The number of carbonyl (C=O) groups excluding carboxylic acids is 1. The highest BCUT2D eigenvalue weighted by molar-refractivity contribution is 5.75. The van der Waals surface area contributed by atoms with E-state index in [2.05, 4.69) is 25.7 Å². The Balaban J connectivity index is 2.24. The molecule has 0 aromatic heterocycles. The normalized spacial score (nSPS) is 18.4. The van der Waals surface area contributed by atoms with Crippen molar-refractivity contribution < 1.29 is 4.79 Å². The molecule has 0 radical (unpaired) electrons. The molecule has 1 nitrogen and oxygen atoms in total. The van der Waals surface area contributed by atoms with Crippen LogP contribution in [-0.2, 0) is 4.79 Å². The molecule has 1 rings (SSSR count). The molecular weight excluding hydrogens is 172 g/mol. The Morgan fingerprint density at radius 1 is 1.57 bits per heavy atom. The minimum atomic E-state index is 0.274. The average molecular weight is 192 g/mol. The molecule has 1 unspecified atom stereocenters. The van der Waals surface area contributed by atoms with Gasteiger partial charge >= 0.3 is 0 Å². The van der Waals surface area contributed by atoms with Gasteiger partial charge < -0.3 is 4.79 Å². The van der Waals surface area contributed by atoms with E-state index in [0.717, 1.165) is 17.9 Å². The van der Waals surface area contributed by atoms with Gasteiger partial charge in [-0.1, -0.05) is 31.2 Å². The van der Waals surface area contributed by atoms with Gasteiger partial charge in [-0.05, 0) is 38.0 Å². The van der Waals surface area contributed by atoms with Crippen LogP contribution in [0.3, 0.4) is 0 Å². The first-order valence-electron chi connectivity index (χ1n) is 5.46. The maximum Gasteiger partial charge on any atom is 0.129 e. The average Bonchev–Trinajstić information content (AvgIpc) is 2.93. The van der Waals surface area contributed by atoms with Crippen LogP contribution < -0.4 is 0 Å². The lowest BCUT2D eigenvalue weighted by atomic mass is 9.96.